The van der Waals surface area contributed by atoms with Gasteiger partial charge in [-0.15, -0.1) is 11.3 Å². The number of halogens is 2. The molecule has 0 saturated carbocycles. The number of fused-ring (bicyclic) bond motifs is 1. The number of aromatic nitrogens is 2. The van der Waals surface area contributed by atoms with Crippen LogP contribution < -0.4 is 5.32 Å². The summed E-state index contributed by atoms with van der Waals surface area (Å²) in [4.78, 5) is 22.6. The van der Waals surface area contributed by atoms with E-state index in [-0.39, 0.29) is 5.91 Å². The zero-order chi connectivity index (χ0) is 22.9. The Balaban J connectivity index is 1.51. The fraction of sp³-hybridized carbons (Fsp3) is 0.0385. The van der Waals surface area contributed by atoms with Crippen LogP contribution in [-0.2, 0) is 0 Å². The molecule has 0 bridgehead atoms. The number of nitrogens with zero attached hydrogens (tertiary/aromatic N) is 2. The van der Waals surface area contributed by atoms with Crippen molar-refractivity contribution < 1.29 is 4.79 Å². The fourth-order valence-corrected chi connectivity index (χ4v) is 4.52. The molecule has 0 aliphatic carbocycles. The van der Waals surface area contributed by atoms with E-state index in [2.05, 4.69) is 10.3 Å². The third-order valence-electron chi connectivity index (χ3n) is 5.23. The Morgan fingerprint density at radius 3 is 2.24 bits per heavy atom. The molecule has 33 heavy (non-hydrogen) atoms. The first kappa shape index (κ1) is 21.6. The molecule has 1 amide bonds. The zero-order valence-corrected chi connectivity index (χ0v) is 19.8. The second kappa shape index (κ2) is 8.94. The molecule has 7 heteroatoms. The van der Waals surface area contributed by atoms with Crippen molar-refractivity contribution in [2.75, 3.05) is 5.32 Å². The second-order valence-corrected chi connectivity index (χ2v) is 9.31. The minimum absolute atomic E-state index is 0.273. The van der Waals surface area contributed by atoms with Gasteiger partial charge < -0.3 is 0 Å². The van der Waals surface area contributed by atoms with E-state index in [0.717, 1.165) is 16.8 Å². The van der Waals surface area contributed by atoms with Crippen LogP contribution in [0.15, 0.2) is 78.2 Å². The van der Waals surface area contributed by atoms with E-state index < -0.39 is 0 Å². The maximum absolute atomic E-state index is 13.3. The van der Waals surface area contributed by atoms with Gasteiger partial charge in [0.05, 0.1) is 22.5 Å². The number of hydrogen-bond acceptors (Lipinski definition) is 4. The molecule has 0 aliphatic heterocycles. The molecule has 4 nitrogen and oxygen atoms in total. The average molecular weight is 490 g/mol. The quantitative estimate of drug-likeness (QED) is 0.279. The maximum Gasteiger partial charge on any atom is 0.258 e. The van der Waals surface area contributed by atoms with E-state index in [1.165, 1.54) is 16.9 Å². The van der Waals surface area contributed by atoms with Crippen molar-refractivity contribution >= 4 is 56.5 Å². The minimum Gasteiger partial charge on any atom is -0.298 e. The summed E-state index contributed by atoms with van der Waals surface area (Å²) in [6.07, 6.45) is 0. The smallest absolute Gasteiger partial charge is 0.258 e. The molecule has 2 aromatic heterocycles. The molecule has 0 unspecified atom stereocenters. The van der Waals surface area contributed by atoms with Crippen LogP contribution in [0.25, 0.3) is 33.4 Å². The molecule has 0 saturated heterocycles. The largest absolute Gasteiger partial charge is 0.298 e. The van der Waals surface area contributed by atoms with Crippen LogP contribution in [0.2, 0.25) is 10.0 Å². The summed E-state index contributed by atoms with van der Waals surface area (Å²) in [5.74, 6) is -0.273. The number of hydrogen-bond donors (Lipinski definition) is 1. The standard InChI is InChI=1S/C26H17Cl2N3OS/c1-15-2-4-17(5-3-15)24-14-33-26(30-24)31-25(32)21-13-23(16-6-8-18(27)9-7-16)29-22-11-10-19(28)12-20(21)22/h2-14H,1H3,(H,30,31,32). The number of amides is 1. The van der Waals surface area contributed by atoms with Crippen molar-refractivity contribution in [2.45, 2.75) is 6.92 Å². The van der Waals surface area contributed by atoms with E-state index >= 15 is 0 Å². The fourth-order valence-electron chi connectivity index (χ4n) is 3.51. The summed E-state index contributed by atoms with van der Waals surface area (Å²) in [6.45, 7) is 2.04. The van der Waals surface area contributed by atoms with Crippen LogP contribution in [0.3, 0.4) is 0 Å². The monoisotopic (exact) mass is 489 g/mol. The van der Waals surface area contributed by atoms with Gasteiger partial charge in [0.2, 0.25) is 0 Å². The first-order chi connectivity index (χ1) is 16.0. The lowest BCUT2D eigenvalue weighted by atomic mass is 10.0. The SMILES string of the molecule is Cc1ccc(-c2csc(NC(=O)c3cc(-c4ccc(Cl)cc4)nc4ccc(Cl)cc34)n2)cc1. The van der Waals surface area contributed by atoms with Gasteiger partial charge in [0, 0.05) is 31.9 Å². The average Bonchev–Trinajstić information content (AvgIpc) is 3.27. The highest BCUT2D eigenvalue weighted by molar-refractivity contribution is 7.14. The predicted molar refractivity (Wildman–Crippen MR) is 137 cm³/mol. The molecule has 0 atom stereocenters. The summed E-state index contributed by atoms with van der Waals surface area (Å²) in [5.41, 5.74) is 5.69. The Morgan fingerprint density at radius 1 is 0.818 bits per heavy atom. The van der Waals surface area contributed by atoms with E-state index in [1.807, 2.05) is 54.8 Å². The van der Waals surface area contributed by atoms with Crippen molar-refractivity contribution in [3.05, 3.63) is 99.3 Å². The summed E-state index contributed by atoms with van der Waals surface area (Å²) in [6, 6.07) is 22.6. The number of anilines is 1. The summed E-state index contributed by atoms with van der Waals surface area (Å²) in [5, 5.41) is 7.24. The number of aryl methyl sites for hydroxylation is 1. The van der Waals surface area contributed by atoms with Crippen LogP contribution in [0.5, 0.6) is 0 Å². The Hall–Kier alpha value is -3.25. The minimum atomic E-state index is -0.273. The van der Waals surface area contributed by atoms with Crippen LogP contribution in [-0.4, -0.2) is 15.9 Å². The Bertz CT molecular complexity index is 1480. The normalized spacial score (nSPS) is 11.0. The molecule has 0 aliphatic rings. The van der Waals surface area contributed by atoms with E-state index in [0.29, 0.717) is 37.3 Å². The summed E-state index contributed by atoms with van der Waals surface area (Å²) in [7, 11) is 0. The van der Waals surface area contributed by atoms with E-state index in [4.69, 9.17) is 28.2 Å². The van der Waals surface area contributed by atoms with Gasteiger partial charge in [-0.2, -0.15) is 0 Å². The lowest BCUT2D eigenvalue weighted by molar-refractivity contribution is 0.102. The Morgan fingerprint density at radius 2 is 1.48 bits per heavy atom. The molecular weight excluding hydrogens is 473 g/mol. The first-order valence-electron chi connectivity index (χ1n) is 10.2. The van der Waals surface area contributed by atoms with Crippen molar-refractivity contribution in [3.63, 3.8) is 0 Å². The number of rotatable bonds is 4. The molecule has 162 valence electrons. The van der Waals surface area contributed by atoms with Crippen LogP contribution >= 0.6 is 34.5 Å². The van der Waals surface area contributed by atoms with Gasteiger partial charge in [-0.3, -0.25) is 10.1 Å². The van der Waals surface area contributed by atoms with Gasteiger partial charge in [-0.05, 0) is 43.3 Å². The number of nitrogens with one attached hydrogen (secondary N) is 1. The lowest BCUT2D eigenvalue weighted by Crippen LogP contribution is -2.13. The van der Waals surface area contributed by atoms with Gasteiger partial charge in [0.15, 0.2) is 5.13 Å². The molecule has 3 aromatic carbocycles. The molecule has 1 N–H and O–H groups in total. The molecule has 2 heterocycles. The van der Waals surface area contributed by atoms with Crippen molar-refractivity contribution in [2.24, 2.45) is 0 Å². The van der Waals surface area contributed by atoms with Crippen molar-refractivity contribution in [1.29, 1.82) is 0 Å². The number of pyridine rings is 1. The zero-order valence-electron chi connectivity index (χ0n) is 17.5. The molecule has 0 fully saturated rings. The number of benzene rings is 3. The summed E-state index contributed by atoms with van der Waals surface area (Å²) < 4.78 is 0. The van der Waals surface area contributed by atoms with Crippen molar-refractivity contribution in [1.82, 2.24) is 9.97 Å². The number of carbonyl (C=O) groups excluding carboxylic acids is 1. The molecule has 5 rings (SSSR count). The number of carbonyl (C=O) groups is 1. The van der Waals surface area contributed by atoms with Crippen molar-refractivity contribution in [3.8, 4) is 22.5 Å². The topological polar surface area (TPSA) is 54.9 Å². The van der Waals surface area contributed by atoms with E-state index in [1.54, 1.807) is 30.3 Å². The second-order valence-electron chi connectivity index (χ2n) is 7.58. The van der Waals surface area contributed by atoms with Crippen LogP contribution in [0.4, 0.5) is 5.13 Å². The highest BCUT2D eigenvalue weighted by Crippen LogP contribution is 2.30. The van der Waals surface area contributed by atoms with E-state index in [9.17, 15) is 4.79 Å². The Labute approximate surface area is 204 Å². The van der Waals surface area contributed by atoms with Gasteiger partial charge in [0.1, 0.15) is 0 Å². The highest BCUT2D eigenvalue weighted by atomic mass is 35.5. The maximum atomic E-state index is 13.3. The van der Waals surface area contributed by atoms with Gasteiger partial charge in [0.25, 0.3) is 5.91 Å². The lowest BCUT2D eigenvalue weighted by Gasteiger charge is -2.10. The molecule has 5 aromatic rings. The van der Waals surface area contributed by atoms with Gasteiger partial charge in [-0.25, -0.2) is 9.97 Å². The van der Waals surface area contributed by atoms with Crippen LogP contribution in [0, 0.1) is 6.92 Å². The van der Waals surface area contributed by atoms with Crippen LogP contribution in [0.1, 0.15) is 15.9 Å². The molecule has 0 radical (unpaired) electrons. The van der Waals surface area contributed by atoms with Gasteiger partial charge >= 0.3 is 0 Å². The predicted octanol–water partition coefficient (Wildman–Crippen LogP) is 7.89. The highest BCUT2D eigenvalue weighted by Gasteiger charge is 2.16. The molecule has 0 spiro atoms. The molecular formula is C26H17Cl2N3OS. The number of thiazole rings is 1. The Kier molecular flexibility index (Phi) is 5.85. The third kappa shape index (κ3) is 4.62. The summed E-state index contributed by atoms with van der Waals surface area (Å²) >= 11 is 13.6. The first-order valence-corrected chi connectivity index (χ1v) is 11.8. The third-order valence-corrected chi connectivity index (χ3v) is 6.47. The van der Waals surface area contributed by atoms with Gasteiger partial charge in [-0.1, -0.05) is 65.2 Å².